The second kappa shape index (κ2) is 6.21. The zero-order valence-corrected chi connectivity index (χ0v) is 14.4. The van der Waals surface area contributed by atoms with Gasteiger partial charge in [0.25, 0.3) is 0 Å². The van der Waals surface area contributed by atoms with E-state index < -0.39 is 11.6 Å². The lowest BCUT2D eigenvalue weighted by Crippen LogP contribution is -2.58. The Kier molecular flexibility index (Phi) is 4.93. The molecule has 1 aromatic rings. The fourth-order valence-electron chi connectivity index (χ4n) is 2.54. The van der Waals surface area contributed by atoms with Gasteiger partial charge in [0.1, 0.15) is 11.6 Å². The summed E-state index contributed by atoms with van der Waals surface area (Å²) in [5.41, 5.74) is 0.0984. The van der Waals surface area contributed by atoms with E-state index in [0.29, 0.717) is 5.92 Å². The molecule has 1 saturated carbocycles. The third kappa shape index (κ3) is 3.57. The third-order valence-corrected chi connectivity index (χ3v) is 4.76. The molecule has 1 fully saturated rings. The van der Waals surface area contributed by atoms with Crippen molar-refractivity contribution in [1.29, 1.82) is 0 Å². The van der Waals surface area contributed by atoms with Crippen LogP contribution >= 0.6 is 15.9 Å². The summed E-state index contributed by atoms with van der Waals surface area (Å²) in [6.45, 7) is 9.13. The number of benzene rings is 1. The number of anilines is 1. The number of halogens is 3. The topological polar surface area (TPSA) is 21.3 Å². The maximum atomic E-state index is 13.9. The van der Waals surface area contributed by atoms with Crippen molar-refractivity contribution in [2.24, 2.45) is 11.3 Å². The van der Waals surface area contributed by atoms with Crippen LogP contribution < -0.4 is 5.32 Å². The molecule has 2 unspecified atom stereocenters. The molecule has 2 rings (SSSR count). The van der Waals surface area contributed by atoms with Crippen molar-refractivity contribution in [2.45, 2.75) is 46.3 Å². The molecule has 1 aromatic carbocycles. The van der Waals surface area contributed by atoms with Gasteiger partial charge < -0.3 is 10.1 Å². The van der Waals surface area contributed by atoms with Crippen molar-refractivity contribution >= 4 is 21.6 Å². The van der Waals surface area contributed by atoms with Gasteiger partial charge in [-0.2, -0.15) is 0 Å². The minimum atomic E-state index is -0.469. The van der Waals surface area contributed by atoms with Crippen molar-refractivity contribution in [3.8, 4) is 0 Å². The molecule has 0 amide bonds. The van der Waals surface area contributed by atoms with E-state index in [1.807, 2.05) is 0 Å². The lowest BCUT2D eigenvalue weighted by Gasteiger charge is -2.52. The quantitative estimate of drug-likeness (QED) is 0.746. The molecule has 0 heterocycles. The predicted octanol–water partition coefficient (Wildman–Crippen LogP) is 4.98. The zero-order chi connectivity index (χ0) is 15.8. The van der Waals surface area contributed by atoms with Gasteiger partial charge in [0, 0.05) is 24.1 Å². The number of hydrogen-bond acceptors (Lipinski definition) is 2. The standard InChI is InChI=1S/C16H22BrF2NO/c1-9(2)8-21-15-7-14(16(15,3)4)20-13-6-11(18)10(17)5-12(13)19/h5-6,9,14-15,20H,7-8H2,1-4H3. The summed E-state index contributed by atoms with van der Waals surface area (Å²) in [5.74, 6) is -0.430. The Labute approximate surface area is 133 Å². The van der Waals surface area contributed by atoms with Crippen LogP contribution in [0, 0.1) is 23.0 Å². The van der Waals surface area contributed by atoms with Gasteiger partial charge in [-0.25, -0.2) is 8.78 Å². The molecule has 0 aromatic heterocycles. The van der Waals surface area contributed by atoms with Crippen LogP contribution in [-0.4, -0.2) is 18.8 Å². The second-order valence-electron chi connectivity index (χ2n) is 6.72. The summed E-state index contributed by atoms with van der Waals surface area (Å²) in [7, 11) is 0. The molecule has 1 N–H and O–H groups in total. The van der Waals surface area contributed by atoms with E-state index in [4.69, 9.17) is 4.74 Å². The molecule has 0 saturated heterocycles. The molecule has 21 heavy (non-hydrogen) atoms. The summed E-state index contributed by atoms with van der Waals surface area (Å²) < 4.78 is 33.4. The first kappa shape index (κ1) is 16.7. The van der Waals surface area contributed by atoms with Crippen LogP contribution in [0.1, 0.15) is 34.1 Å². The van der Waals surface area contributed by atoms with Crippen molar-refractivity contribution in [3.05, 3.63) is 28.2 Å². The van der Waals surface area contributed by atoms with E-state index in [-0.39, 0.29) is 27.7 Å². The summed E-state index contributed by atoms with van der Waals surface area (Å²) in [6, 6.07) is 2.41. The van der Waals surface area contributed by atoms with Crippen LogP contribution in [0.3, 0.4) is 0 Å². The summed E-state index contributed by atoms with van der Waals surface area (Å²) in [5, 5.41) is 3.11. The number of rotatable bonds is 5. The number of ether oxygens (including phenoxy) is 1. The number of hydrogen-bond donors (Lipinski definition) is 1. The maximum Gasteiger partial charge on any atom is 0.147 e. The highest BCUT2D eigenvalue weighted by molar-refractivity contribution is 9.10. The first-order chi connectivity index (χ1) is 9.71. The molecule has 2 nitrogen and oxygen atoms in total. The molecule has 0 radical (unpaired) electrons. The number of nitrogens with one attached hydrogen (secondary N) is 1. The zero-order valence-electron chi connectivity index (χ0n) is 12.8. The van der Waals surface area contributed by atoms with Crippen LogP contribution in [0.4, 0.5) is 14.5 Å². The summed E-state index contributed by atoms with van der Waals surface area (Å²) in [4.78, 5) is 0. The Balaban J connectivity index is 2.01. The summed E-state index contributed by atoms with van der Waals surface area (Å²) in [6.07, 6.45) is 0.956. The average Bonchev–Trinajstić information content (AvgIpc) is 2.38. The Morgan fingerprint density at radius 3 is 2.57 bits per heavy atom. The van der Waals surface area contributed by atoms with Crippen molar-refractivity contribution in [1.82, 2.24) is 0 Å². The molecular weight excluding hydrogens is 340 g/mol. The van der Waals surface area contributed by atoms with Crippen LogP contribution in [0.15, 0.2) is 16.6 Å². The highest BCUT2D eigenvalue weighted by atomic mass is 79.9. The molecule has 2 atom stereocenters. The molecule has 0 spiro atoms. The second-order valence-corrected chi connectivity index (χ2v) is 7.57. The Bertz CT molecular complexity index is 519. The van der Waals surface area contributed by atoms with Gasteiger partial charge in [-0.05, 0) is 34.3 Å². The monoisotopic (exact) mass is 361 g/mol. The van der Waals surface area contributed by atoms with Gasteiger partial charge in [0.2, 0.25) is 0 Å². The highest BCUT2D eigenvalue weighted by Gasteiger charge is 2.49. The van der Waals surface area contributed by atoms with E-state index in [0.717, 1.165) is 19.1 Å². The lowest BCUT2D eigenvalue weighted by atomic mass is 9.64. The van der Waals surface area contributed by atoms with Gasteiger partial charge in [0.15, 0.2) is 0 Å². The first-order valence-corrected chi connectivity index (χ1v) is 8.03. The third-order valence-electron chi connectivity index (χ3n) is 4.15. The van der Waals surface area contributed by atoms with Gasteiger partial charge in [0.05, 0.1) is 16.3 Å². The van der Waals surface area contributed by atoms with Crippen molar-refractivity contribution in [2.75, 3.05) is 11.9 Å². The predicted molar refractivity (Wildman–Crippen MR) is 84.4 cm³/mol. The van der Waals surface area contributed by atoms with Crippen LogP contribution in [0.5, 0.6) is 0 Å². The van der Waals surface area contributed by atoms with E-state index in [9.17, 15) is 8.78 Å². The first-order valence-electron chi connectivity index (χ1n) is 7.24. The molecule has 5 heteroatoms. The Morgan fingerprint density at radius 1 is 1.33 bits per heavy atom. The lowest BCUT2D eigenvalue weighted by molar-refractivity contribution is -0.108. The normalized spacial score (nSPS) is 24.0. The molecule has 1 aliphatic carbocycles. The average molecular weight is 362 g/mol. The smallest absolute Gasteiger partial charge is 0.147 e. The Morgan fingerprint density at radius 2 is 2.00 bits per heavy atom. The molecular formula is C16H22BrF2NO. The fraction of sp³-hybridized carbons (Fsp3) is 0.625. The van der Waals surface area contributed by atoms with Crippen LogP contribution in [-0.2, 0) is 4.74 Å². The molecule has 0 bridgehead atoms. The van der Waals surface area contributed by atoms with Gasteiger partial charge in [-0.1, -0.05) is 27.7 Å². The summed E-state index contributed by atoms with van der Waals surface area (Å²) >= 11 is 2.98. The van der Waals surface area contributed by atoms with E-state index in [2.05, 4.69) is 48.9 Å². The van der Waals surface area contributed by atoms with Crippen molar-refractivity contribution < 1.29 is 13.5 Å². The van der Waals surface area contributed by atoms with Crippen LogP contribution in [0.2, 0.25) is 0 Å². The molecule has 1 aliphatic rings. The fourth-order valence-corrected chi connectivity index (χ4v) is 2.86. The van der Waals surface area contributed by atoms with E-state index in [1.54, 1.807) is 0 Å². The SMILES string of the molecule is CC(C)COC1CC(Nc2cc(F)c(Br)cc2F)C1(C)C. The van der Waals surface area contributed by atoms with Gasteiger partial charge in [-0.15, -0.1) is 0 Å². The Hall–Kier alpha value is -0.680. The maximum absolute atomic E-state index is 13.9. The van der Waals surface area contributed by atoms with Crippen molar-refractivity contribution in [3.63, 3.8) is 0 Å². The highest BCUT2D eigenvalue weighted by Crippen LogP contribution is 2.45. The minimum absolute atomic E-state index is 0.0738. The van der Waals surface area contributed by atoms with E-state index >= 15 is 0 Å². The van der Waals surface area contributed by atoms with Crippen LogP contribution in [0.25, 0.3) is 0 Å². The minimum Gasteiger partial charge on any atom is -0.379 e. The van der Waals surface area contributed by atoms with E-state index in [1.165, 1.54) is 6.07 Å². The van der Waals surface area contributed by atoms with Gasteiger partial charge >= 0.3 is 0 Å². The molecule has 0 aliphatic heterocycles. The molecule has 118 valence electrons. The largest absolute Gasteiger partial charge is 0.379 e. The van der Waals surface area contributed by atoms with Gasteiger partial charge in [-0.3, -0.25) is 0 Å².